The average Bonchev–Trinajstić information content (AvgIpc) is 2.21. The minimum atomic E-state index is 0.0925. The number of nitrogens with two attached hydrogens (primary N) is 1. The van der Waals surface area contributed by atoms with Crippen molar-refractivity contribution in [3.05, 3.63) is 0 Å². The number of amides is 1. The van der Waals surface area contributed by atoms with Gasteiger partial charge in [0.15, 0.2) is 0 Å². The van der Waals surface area contributed by atoms with Crippen LogP contribution < -0.4 is 11.1 Å². The highest BCUT2D eigenvalue weighted by molar-refractivity contribution is 5.76. The molecular weight excluding hydrogens is 226 g/mol. The fourth-order valence-electron chi connectivity index (χ4n) is 2.13. The van der Waals surface area contributed by atoms with Gasteiger partial charge in [-0.05, 0) is 33.6 Å². The van der Waals surface area contributed by atoms with Gasteiger partial charge in [-0.2, -0.15) is 0 Å². The number of carbonyl (C=O) groups is 1. The van der Waals surface area contributed by atoms with E-state index in [9.17, 15) is 4.79 Å². The van der Waals surface area contributed by atoms with Gasteiger partial charge in [0.05, 0.1) is 0 Å². The maximum atomic E-state index is 11.8. The van der Waals surface area contributed by atoms with Gasteiger partial charge in [0.1, 0.15) is 0 Å². The molecule has 0 aromatic rings. The number of carbonyl (C=O) groups excluding carboxylic acids is 1. The van der Waals surface area contributed by atoms with E-state index >= 15 is 0 Å². The first-order valence-corrected chi connectivity index (χ1v) is 7.03. The minimum absolute atomic E-state index is 0.0925. The molecule has 0 fully saturated rings. The molecule has 0 bridgehead atoms. The largest absolute Gasteiger partial charge is 0.354 e. The Morgan fingerprint density at radius 2 is 1.72 bits per heavy atom. The molecule has 0 radical (unpaired) electrons. The molecule has 0 aliphatic carbocycles. The predicted molar refractivity (Wildman–Crippen MR) is 77.4 cm³/mol. The fourth-order valence-corrected chi connectivity index (χ4v) is 2.13. The van der Waals surface area contributed by atoms with Crippen LogP contribution in [0.5, 0.6) is 0 Å². The SMILES string of the molecule is CC(C)CN(C(C)C)C(CN)CC(=O)NC(C)C. The van der Waals surface area contributed by atoms with E-state index in [0.29, 0.717) is 24.9 Å². The maximum Gasteiger partial charge on any atom is 0.221 e. The van der Waals surface area contributed by atoms with Crippen LogP contribution >= 0.6 is 0 Å². The highest BCUT2D eigenvalue weighted by Crippen LogP contribution is 2.12. The molecule has 0 aromatic carbocycles. The zero-order chi connectivity index (χ0) is 14.3. The van der Waals surface area contributed by atoms with E-state index in [1.165, 1.54) is 0 Å². The van der Waals surface area contributed by atoms with Gasteiger partial charge < -0.3 is 11.1 Å². The van der Waals surface area contributed by atoms with Crippen LogP contribution in [0.15, 0.2) is 0 Å². The summed E-state index contributed by atoms with van der Waals surface area (Å²) in [5, 5.41) is 2.93. The van der Waals surface area contributed by atoms with Gasteiger partial charge in [-0.15, -0.1) is 0 Å². The van der Waals surface area contributed by atoms with E-state index in [2.05, 4.69) is 37.9 Å². The Balaban J connectivity index is 4.54. The fraction of sp³-hybridized carbons (Fsp3) is 0.929. The van der Waals surface area contributed by atoms with Crippen LogP contribution in [0.2, 0.25) is 0 Å². The molecule has 1 unspecified atom stereocenters. The highest BCUT2D eigenvalue weighted by atomic mass is 16.1. The van der Waals surface area contributed by atoms with Crippen LogP contribution in [-0.2, 0) is 4.79 Å². The van der Waals surface area contributed by atoms with Gasteiger partial charge in [0.2, 0.25) is 5.91 Å². The van der Waals surface area contributed by atoms with E-state index in [4.69, 9.17) is 5.73 Å². The molecule has 3 N–H and O–H groups in total. The Labute approximate surface area is 112 Å². The first kappa shape index (κ1) is 17.4. The lowest BCUT2D eigenvalue weighted by Gasteiger charge is -2.35. The lowest BCUT2D eigenvalue weighted by molar-refractivity contribution is -0.123. The van der Waals surface area contributed by atoms with Crippen LogP contribution in [-0.4, -0.2) is 42.0 Å². The van der Waals surface area contributed by atoms with Gasteiger partial charge >= 0.3 is 0 Å². The molecule has 108 valence electrons. The second-order valence-corrected chi connectivity index (χ2v) is 6.00. The molecule has 4 heteroatoms. The molecular formula is C14H31N3O. The summed E-state index contributed by atoms with van der Waals surface area (Å²) in [6.45, 7) is 14.2. The van der Waals surface area contributed by atoms with Crippen molar-refractivity contribution in [2.24, 2.45) is 11.7 Å². The number of hydrogen-bond donors (Lipinski definition) is 2. The van der Waals surface area contributed by atoms with Crippen molar-refractivity contribution in [1.82, 2.24) is 10.2 Å². The summed E-state index contributed by atoms with van der Waals surface area (Å²) in [5.41, 5.74) is 5.84. The van der Waals surface area contributed by atoms with Crippen molar-refractivity contribution >= 4 is 5.91 Å². The third-order valence-electron chi connectivity index (χ3n) is 2.85. The summed E-state index contributed by atoms with van der Waals surface area (Å²) in [6.07, 6.45) is 0.486. The summed E-state index contributed by atoms with van der Waals surface area (Å²) < 4.78 is 0. The molecule has 0 heterocycles. The van der Waals surface area contributed by atoms with Crippen LogP contribution in [0.1, 0.15) is 48.0 Å². The third-order valence-corrected chi connectivity index (χ3v) is 2.85. The summed E-state index contributed by atoms with van der Waals surface area (Å²) in [5.74, 6) is 0.671. The molecule has 0 saturated carbocycles. The minimum Gasteiger partial charge on any atom is -0.354 e. The van der Waals surface area contributed by atoms with Gasteiger partial charge in [-0.3, -0.25) is 9.69 Å². The molecule has 4 nitrogen and oxygen atoms in total. The third kappa shape index (κ3) is 6.97. The van der Waals surface area contributed by atoms with Crippen molar-refractivity contribution in [1.29, 1.82) is 0 Å². The lowest BCUT2D eigenvalue weighted by atomic mass is 10.1. The summed E-state index contributed by atoms with van der Waals surface area (Å²) >= 11 is 0. The van der Waals surface area contributed by atoms with Crippen molar-refractivity contribution in [2.45, 2.75) is 66.1 Å². The van der Waals surface area contributed by atoms with Gasteiger partial charge in [0.25, 0.3) is 0 Å². The maximum absolute atomic E-state index is 11.8. The van der Waals surface area contributed by atoms with E-state index in [-0.39, 0.29) is 18.0 Å². The second kappa shape index (κ2) is 8.48. The lowest BCUT2D eigenvalue weighted by Crippen LogP contribution is -2.49. The highest BCUT2D eigenvalue weighted by Gasteiger charge is 2.23. The Morgan fingerprint density at radius 1 is 1.17 bits per heavy atom. The average molecular weight is 257 g/mol. The zero-order valence-electron chi connectivity index (χ0n) is 12.9. The van der Waals surface area contributed by atoms with Crippen molar-refractivity contribution in [2.75, 3.05) is 13.1 Å². The molecule has 1 atom stereocenters. The topological polar surface area (TPSA) is 58.4 Å². The second-order valence-electron chi connectivity index (χ2n) is 6.00. The molecule has 0 spiro atoms. The van der Waals surface area contributed by atoms with Crippen molar-refractivity contribution in [3.63, 3.8) is 0 Å². The van der Waals surface area contributed by atoms with Crippen molar-refractivity contribution < 1.29 is 4.79 Å². The summed E-state index contributed by atoms with van der Waals surface area (Å²) in [4.78, 5) is 14.2. The number of rotatable bonds is 8. The van der Waals surface area contributed by atoms with E-state index in [1.807, 2.05) is 13.8 Å². The Kier molecular flexibility index (Phi) is 8.20. The van der Waals surface area contributed by atoms with Gasteiger partial charge in [-0.25, -0.2) is 0 Å². The molecule has 0 aliphatic rings. The number of nitrogens with zero attached hydrogens (tertiary/aromatic N) is 1. The Morgan fingerprint density at radius 3 is 2.06 bits per heavy atom. The van der Waals surface area contributed by atoms with E-state index in [0.717, 1.165) is 6.54 Å². The Bertz CT molecular complexity index is 239. The van der Waals surface area contributed by atoms with Crippen LogP contribution in [0, 0.1) is 5.92 Å². The molecule has 0 aliphatic heterocycles. The van der Waals surface area contributed by atoms with Crippen LogP contribution in [0.25, 0.3) is 0 Å². The van der Waals surface area contributed by atoms with Crippen molar-refractivity contribution in [3.8, 4) is 0 Å². The van der Waals surface area contributed by atoms with E-state index in [1.54, 1.807) is 0 Å². The summed E-state index contributed by atoms with van der Waals surface area (Å²) in [6, 6.07) is 0.729. The standard InChI is InChI=1S/C14H31N3O/c1-10(2)9-17(12(5)6)13(8-15)7-14(18)16-11(3)4/h10-13H,7-9,15H2,1-6H3,(H,16,18). The van der Waals surface area contributed by atoms with Crippen LogP contribution in [0.3, 0.4) is 0 Å². The first-order chi connectivity index (χ1) is 8.27. The zero-order valence-corrected chi connectivity index (χ0v) is 12.9. The predicted octanol–water partition coefficient (Wildman–Crippen LogP) is 1.59. The van der Waals surface area contributed by atoms with E-state index < -0.39 is 0 Å². The molecule has 1 amide bonds. The smallest absolute Gasteiger partial charge is 0.221 e. The molecule has 0 saturated heterocycles. The molecule has 0 rings (SSSR count). The Hall–Kier alpha value is -0.610. The summed E-state index contributed by atoms with van der Waals surface area (Å²) in [7, 11) is 0. The monoisotopic (exact) mass is 257 g/mol. The molecule has 18 heavy (non-hydrogen) atoms. The number of hydrogen-bond acceptors (Lipinski definition) is 3. The number of nitrogens with one attached hydrogen (secondary N) is 1. The molecule has 0 aromatic heterocycles. The quantitative estimate of drug-likeness (QED) is 0.694. The van der Waals surface area contributed by atoms with Gasteiger partial charge in [-0.1, -0.05) is 13.8 Å². The first-order valence-electron chi connectivity index (χ1n) is 7.03. The normalized spacial score (nSPS) is 13.7. The van der Waals surface area contributed by atoms with Crippen LogP contribution in [0.4, 0.5) is 0 Å². The van der Waals surface area contributed by atoms with Gasteiger partial charge in [0, 0.05) is 37.6 Å².